The molecule has 0 aromatic carbocycles. The molecule has 1 unspecified atom stereocenters. The quantitative estimate of drug-likeness (QED) is 0.762. The van der Waals surface area contributed by atoms with E-state index in [1.165, 1.54) is 31.3 Å². The molecule has 2 aliphatic rings. The van der Waals surface area contributed by atoms with Crippen LogP contribution in [-0.4, -0.2) is 21.9 Å². The van der Waals surface area contributed by atoms with Crippen molar-refractivity contribution in [3.63, 3.8) is 0 Å². The molecule has 20 heavy (non-hydrogen) atoms. The molecular weight excluding hydrogens is 248 g/mol. The molecule has 0 heterocycles. The van der Waals surface area contributed by atoms with E-state index in [0.717, 1.165) is 19.3 Å². The minimum atomic E-state index is -0.570. The van der Waals surface area contributed by atoms with E-state index in [9.17, 15) is 10.2 Å². The van der Waals surface area contributed by atoms with E-state index in [1.54, 1.807) is 0 Å². The number of aliphatic hydroxyl groups is 2. The average molecular weight is 280 g/mol. The molecule has 2 saturated carbocycles. The second-order valence-corrected chi connectivity index (χ2v) is 8.00. The summed E-state index contributed by atoms with van der Waals surface area (Å²) in [7, 11) is 0. The highest BCUT2D eigenvalue weighted by molar-refractivity contribution is 5.15. The Kier molecular flexibility index (Phi) is 4.66. The van der Waals surface area contributed by atoms with Crippen LogP contribution in [0.4, 0.5) is 0 Å². The molecule has 0 radical (unpaired) electrons. The van der Waals surface area contributed by atoms with Crippen LogP contribution in [0.15, 0.2) is 11.6 Å². The maximum Gasteiger partial charge on any atom is 0.0594 e. The Morgan fingerprint density at radius 1 is 1.30 bits per heavy atom. The molecule has 116 valence electrons. The normalized spacial score (nSPS) is 38.9. The van der Waals surface area contributed by atoms with Crippen LogP contribution in [0.3, 0.4) is 0 Å². The fourth-order valence-electron chi connectivity index (χ4n) is 4.69. The van der Waals surface area contributed by atoms with Gasteiger partial charge < -0.3 is 10.2 Å². The van der Waals surface area contributed by atoms with Crippen molar-refractivity contribution in [1.29, 1.82) is 0 Å². The van der Waals surface area contributed by atoms with Crippen LogP contribution in [0.2, 0.25) is 0 Å². The predicted octanol–water partition coefficient (Wildman–Crippen LogP) is 4.06. The van der Waals surface area contributed by atoms with Gasteiger partial charge in [0.25, 0.3) is 0 Å². The molecule has 0 aromatic heterocycles. The van der Waals surface area contributed by atoms with Gasteiger partial charge in [-0.15, -0.1) is 0 Å². The summed E-state index contributed by atoms with van der Waals surface area (Å²) in [5.74, 6) is 1.13. The molecule has 0 aromatic rings. The molecule has 2 heteroatoms. The third-order valence-electron chi connectivity index (χ3n) is 5.86. The lowest BCUT2D eigenvalue weighted by Crippen LogP contribution is -2.40. The molecule has 0 bridgehead atoms. The number of hydrogen-bond acceptors (Lipinski definition) is 2. The highest BCUT2D eigenvalue weighted by Crippen LogP contribution is 2.57. The summed E-state index contributed by atoms with van der Waals surface area (Å²) in [5, 5.41) is 20.1. The van der Waals surface area contributed by atoms with Crippen molar-refractivity contribution in [3.8, 4) is 0 Å². The maximum absolute atomic E-state index is 10.3. The Labute approximate surface area is 124 Å². The second-order valence-electron chi connectivity index (χ2n) is 8.00. The van der Waals surface area contributed by atoms with Gasteiger partial charge in [0.1, 0.15) is 0 Å². The van der Waals surface area contributed by atoms with Crippen molar-refractivity contribution < 1.29 is 10.2 Å². The lowest BCUT2D eigenvalue weighted by molar-refractivity contribution is -0.0110. The summed E-state index contributed by atoms with van der Waals surface area (Å²) >= 11 is 0. The van der Waals surface area contributed by atoms with Crippen LogP contribution in [0.5, 0.6) is 0 Å². The van der Waals surface area contributed by atoms with Gasteiger partial charge >= 0.3 is 0 Å². The monoisotopic (exact) mass is 280 g/mol. The van der Waals surface area contributed by atoms with E-state index in [1.807, 2.05) is 13.8 Å². The van der Waals surface area contributed by atoms with Crippen molar-refractivity contribution in [2.45, 2.75) is 84.3 Å². The SMILES string of the molecule is C/C(=C/CCC(C)(C)O)[C@H]1CC[C@H]2C(O)CCC[C@]12C. The molecular formula is C18H32O2. The highest BCUT2D eigenvalue weighted by Gasteiger charge is 2.51. The average Bonchev–Trinajstić information content (AvgIpc) is 2.66. The summed E-state index contributed by atoms with van der Waals surface area (Å²) in [5.41, 5.74) is 1.21. The molecule has 2 N–H and O–H groups in total. The molecule has 2 nitrogen and oxygen atoms in total. The summed E-state index contributed by atoms with van der Waals surface area (Å²) in [4.78, 5) is 0. The maximum atomic E-state index is 10.3. The minimum Gasteiger partial charge on any atom is -0.393 e. The van der Waals surface area contributed by atoms with E-state index < -0.39 is 5.60 Å². The molecule has 0 saturated heterocycles. The third kappa shape index (κ3) is 3.28. The van der Waals surface area contributed by atoms with Crippen LogP contribution in [0.25, 0.3) is 0 Å². The smallest absolute Gasteiger partial charge is 0.0594 e. The molecule has 0 amide bonds. The van der Waals surface area contributed by atoms with Gasteiger partial charge in [-0.25, -0.2) is 0 Å². The first kappa shape index (κ1) is 16.0. The van der Waals surface area contributed by atoms with Crippen LogP contribution in [0, 0.1) is 17.3 Å². The number of rotatable bonds is 4. The zero-order valence-corrected chi connectivity index (χ0v) is 13.7. The first-order valence-electron chi connectivity index (χ1n) is 8.31. The van der Waals surface area contributed by atoms with Crippen molar-refractivity contribution in [2.24, 2.45) is 17.3 Å². The lowest BCUT2D eigenvalue weighted by atomic mass is 9.63. The van der Waals surface area contributed by atoms with E-state index in [-0.39, 0.29) is 6.10 Å². The lowest BCUT2D eigenvalue weighted by Gasteiger charge is -2.43. The summed E-state index contributed by atoms with van der Waals surface area (Å²) in [6.45, 7) is 8.40. The van der Waals surface area contributed by atoms with Gasteiger partial charge in [-0.05, 0) is 76.5 Å². The number of allylic oxidation sites excluding steroid dienone is 2. The van der Waals surface area contributed by atoms with Gasteiger partial charge in [0.15, 0.2) is 0 Å². The van der Waals surface area contributed by atoms with Crippen molar-refractivity contribution in [3.05, 3.63) is 11.6 Å². The van der Waals surface area contributed by atoms with E-state index in [2.05, 4.69) is 19.9 Å². The standard InChI is InChI=1S/C18H32O2/c1-13(7-5-11-17(2,3)20)14-9-10-15-16(19)8-6-12-18(14,15)4/h7,14-16,19-20H,5-6,8-12H2,1-4H3/b13-7-/t14-,15+,16?,18-/m1/s1. The predicted molar refractivity (Wildman–Crippen MR) is 83.5 cm³/mol. The fourth-order valence-corrected chi connectivity index (χ4v) is 4.69. The van der Waals surface area contributed by atoms with Crippen molar-refractivity contribution in [1.82, 2.24) is 0 Å². The molecule has 2 aliphatic carbocycles. The Balaban J connectivity index is 2.03. The van der Waals surface area contributed by atoms with Gasteiger partial charge in [-0.3, -0.25) is 0 Å². The van der Waals surface area contributed by atoms with E-state index in [0.29, 0.717) is 17.3 Å². The van der Waals surface area contributed by atoms with Crippen LogP contribution in [-0.2, 0) is 0 Å². The van der Waals surface area contributed by atoms with Gasteiger partial charge in [0, 0.05) is 0 Å². The molecule has 0 aliphatic heterocycles. The second kappa shape index (κ2) is 5.81. The molecule has 0 spiro atoms. The Morgan fingerprint density at radius 3 is 2.65 bits per heavy atom. The minimum absolute atomic E-state index is 0.0806. The first-order chi connectivity index (χ1) is 9.24. The summed E-state index contributed by atoms with van der Waals surface area (Å²) in [6.07, 6.45) is 9.85. The Hall–Kier alpha value is -0.340. The van der Waals surface area contributed by atoms with Gasteiger partial charge in [-0.2, -0.15) is 0 Å². The molecule has 2 rings (SSSR count). The molecule has 2 fully saturated rings. The van der Waals surface area contributed by atoms with E-state index in [4.69, 9.17) is 0 Å². The van der Waals surface area contributed by atoms with Gasteiger partial charge in [0.05, 0.1) is 11.7 Å². The fraction of sp³-hybridized carbons (Fsp3) is 0.889. The van der Waals surface area contributed by atoms with Crippen LogP contribution < -0.4 is 0 Å². The zero-order valence-electron chi connectivity index (χ0n) is 13.7. The van der Waals surface area contributed by atoms with Gasteiger partial charge in [-0.1, -0.05) is 25.0 Å². The topological polar surface area (TPSA) is 40.5 Å². The Bertz CT molecular complexity index is 366. The number of hydrogen-bond donors (Lipinski definition) is 2. The zero-order chi connectivity index (χ0) is 15.0. The third-order valence-corrected chi connectivity index (χ3v) is 5.86. The highest BCUT2D eigenvalue weighted by atomic mass is 16.3. The van der Waals surface area contributed by atoms with Crippen LogP contribution in [0.1, 0.15) is 72.6 Å². The number of aliphatic hydroxyl groups excluding tert-OH is 1. The van der Waals surface area contributed by atoms with Crippen molar-refractivity contribution >= 4 is 0 Å². The number of fused-ring (bicyclic) bond motifs is 1. The molecule has 4 atom stereocenters. The largest absolute Gasteiger partial charge is 0.393 e. The van der Waals surface area contributed by atoms with E-state index >= 15 is 0 Å². The summed E-state index contributed by atoms with van der Waals surface area (Å²) in [6, 6.07) is 0. The summed E-state index contributed by atoms with van der Waals surface area (Å²) < 4.78 is 0. The first-order valence-corrected chi connectivity index (χ1v) is 8.31. The Morgan fingerprint density at radius 2 is 2.00 bits per heavy atom. The van der Waals surface area contributed by atoms with Crippen LogP contribution >= 0.6 is 0 Å². The van der Waals surface area contributed by atoms with Gasteiger partial charge in [0.2, 0.25) is 0 Å². The van der Waals surface area contributed by atoms with Crippen molar-refractivity contribution in [2.75, 3.05) is 0 Å².